The van der Waals surface area contributed by atoms with Crippen LogP contribution in [0, 0.1) is 13.8 Å². The third-order valence-corrected chi connectivity index (χ3v) is 5.17. The maximum Gasteiger partial charge on any atom is 0.125 e. The van der Waals surface area contributed by atoms with Crippen molar-refractivity contribution < 1.29 is 14.2 Å². The second-order valence-corrected chi connectivity index (χ2v) is 7.21. The zero-order valence-corrected chi connectivity index (χ0v) is 16.8. The minimum Gasteiger partial charge on any atom is -0.496 e. The molecule has 1 fully saturated rings. The first-order valence-electron chi connectivity index (χ1n) is 9.82. The van der Waals surface area contributed by atoms with Crippen LogP contribution in [0.25, 0.3) is 0 Å². The van der Waals surface area contributed by atoms with E-state index in [1.165, 1.54) is 5.56 Å². The molecule has 0 unspecified atom stereocenters. The minimum absolute atomic E-state index is 0.520. The van der Waals surface area contributed by atoms with E-state index in [1.807, 2.05) is 0 Å². The third-order valence-electron chi connectivity index (χ3n) is 5.17. The van der Waals surface area contributed by atoms with Crippen LogP contribution >= 0.6 is 0 Å². The lowest BCUT2D eigenvalue weighted by molar-refractivity contribution is 0.0374. The molecule has 4 nitrogen and oxygen atoms in total. The van der Waals surface area contributed by atoms with E-state index in [4.69, 9.17) is 14.2 Å². The van der Waals surface area contributed by atoms with Gasteiger partial charge in [-0.2, -0.15) is 0 Å². The number of para-hydroxylation sites is 1. The molecule has 1 saturated heterocycles. The molecule has 27 heavy (non-hydrogen) atoms. The fourth-order valence-electron chi connectivity index (χ4n) is 3.61. The van der Waals surface area contributed by atoms with Gasteiger partial charge in [0.05, 0.1) is 20.3 Å². The molecule has 0 saturated carbocycles. The molecular weight excluding hydrogens is 338 g/mol. The largest absolute Gasteiger partial charge is 0.496 e. The summed E-state index contributed by atoms with van der Waals surface area (Å²) in [5.41, 5.74) is 4.76. The highest BCUT2D eigenvalue weighted by Gasteiger charge is 2.11. The number of hydrogen-bond donors (Lipinski definition) is 0. The van der Waals surface area contributed by atoms with Gasteiger partial charge in [-0.25, -0.2) is 0 Å². The lowest BCUT2D eigenvalue weighted by Crippen LogP contribution is -2.36. The Bertz CT molecular complexity index is 718. The van der Waals surface area contributed by atoms with Crippen LogP contribution in [0.2, 0.25) is 0 Å². The molecule has 0 radical (unpaired) electrons. The van der Waals surface area contributed by atoms with Crippen LogP contribution in [0.15, 0.2) is 36.4 Å². The van der Waals surface area contributed by atoms with Gasteiger partial charge in [-0.3, -0.25) is 4.90 Å². The number of benzene rings is 2. The predicted octanol–water partition coefficient (Wildman–Crippen LogP) is 4.16. The number of morpholine rings is 1. The van der Waals surface area contributed by atoms with Gasteiger partial charge in [-0.15, -0.1) is 0 Å². The van der Waals surface area contributed by atoms with Gasteiger partial charge in [0.25, 0.3) is 0 Å². The van der Waals surface area contributed by atoms with E-state index in [1.54, 1.807) is 7.11 Å². The van der Waals surface area contributed by atoms with E-state index in [0.717, 1.165) is 73.9 Å². The quantitative estimate of drug-likeness (QED) is 0.699. The Kier molecular flexibility index (Phi) is 7.13. The molecule has 1 aliphatic heterocycles. The van der Waals surface area contributed by atoms with E-state index in [2.05, 4.69) is 55.1 Å². The topological polar surface area (TPSA) is 30.9 Å². The SMILES string of the molecule is COc1ccc(CCCN2CCOCC2)cc1COc1c(C)cccc1C. The van der Waals surface area contributed by atoms with Crippen LogP contribution in [-0.2, 0) is 17.8 Å². The summed E-state index contributed by atoms with van der Waals surface area (Å²) >= 11 is 0. The molecule has 0 spiro atoms. The van der Waals surface area contributed by atoms with E-state index in [-0.39, 0.29) is 0 Å². The van der Waals surface area contributed by atoms with E-state index >= 15 is 0 Å². The Hall–Kier alpha value is -2.04. The summed E-state index contributed by atoms with van der Waals surface area (Å²) < 4.78 is 17.1. The molecule has 146 valence electrons. The highest BCUT2D eigenvalue weighted by atomic mass is 16.5. The molecule has 1 heterocycles. The van der Waals surface area contributed by atoms with Crippen molar-refractivity contribution in [2.24, 2.45) is 0 Å². The number of aryl methyl sites for hydroxylation is 3. The molecule has 0 atom stereocenters. The van der Waals surface area contributed by atoms with Gasteiger partial charge in [0, 0.05) is 18.7 Å². The Balaban J connectivity index is 1.61. The standard InChI is InChI=1S/C23H31NO3/c1-18-6-4-7-19(2)23(18)27-17-21-16-20(9-10-22(21)25-3)8-5-11-24-12-14-26-15-13-24/h4,6-7,9-10,16H,5,8,11-15,17H2,1-3H3. The Morgan fingerprint density at radius 2 is 1.78 bits per heavy atom. The Morgan fingerprint density at radius 1 is 1.04 bits per heavy atom. The molecule has 2 aromatic carbocycles. The highest BCUT2D eigenvalue weighted by Crippen LogP contribution is 2.26. The fourth-order valence-corrected chi connectivity index (χ4v) is 3.61. The van der Waals surface area contributed by atoms with Gasteiger partial charge in [-0.05, 0) is 62.1 Å². The molecular formula is C23H31NO3. The summed E-state index contributed by atoms with van der Waals surface area (Å²) in [6.07, 6.45) is 2.22. The minimum atomic E-state index is 0.520. The Morgan fingerprint density at radius 3 is 2.48 bits per heavy atom. The summed E-state index contributed by atoms with van der Waals surface area (Å²) in [7, 11) is 1.72. The average molecular weight is 370 g/mol. The number of hydrogen-bond acceptors (Lipinski definition) is 4. The van der Waals surface area contributed by atoms with Gasteiger partial charge in [-0.1, -0.05) is 24.3 Å². The smallest absolute Gasteiger partial charge is 0.125 e. The molecule has 0 aliphatic carbocycles. The zero-order valence-electron chi connectivity index (χ0n) is 16.8. The highest BCUT2D eigenvalue weighted by molar-refractivity contribution is 5.41. The van der Waals surface area contributed by atoms with Crippen LogP contribution in [-0.4, -0.2) is 44.9 Å². The van der Waals surface area contributed by atoms with Gasteiger partial charge in [0.1, 0.15) is 18.1 Å². The van der Waals surface area contributed by atoms with E-state index in [0.29, 0.717) is 6.61 Å². The zero-order chi connectivity index (χ0) is 19.1. The van der Waals surface area contributed by atoms with Crippen molar-refractivity contribution >= 4 is 0 Å². The predicted molar refractivity (Wildman–Crippen MR) is 109 cm³/mol. The van der Waals surface area contributed by atoms with Crippen molar-refractivity contribution in [3.8, 4) is 11.5 Å². The first-order valence-corrected chi connectivity index (χ1v) is 9.82. The first kappa shape index (κ1) is 19.7. The average Bonchev–Trinajstić information content (AvgIpc) is 2.68. The summed E-state index contributed by atoms with van der Waals surface area (Å²) in [4.78, 5) is 2.48. The second-order valence-electron chi connectivity index (χ2n) is 7.21. The van der Waals surface area contributed by atoms with Crippen molar-refractivity contribution in [3.05, 3.63) is 58.7 Å². The number of methoxy groups -OCH3 is 1. The van der Waals surface area contributed by atoms with Crippen LogP contribution in [0.5, 0.6) is 11.5 Å². The lowest BCUT2D eigenvalue weighted by atomic mass is 10.1. The molecule has 3 rings (SSSR count). The van der Waals surface area contributed by atoms with Crippen molar-refractivity contribution in [1.82, 2.24) is 4.90 Å². The molecule has 1 aliphatic rings. The van der Waals surface area contributed by atoms with Gasteiger partial charge < -0.3 is 14.2 Å². The second kappa shape index (κ2) is 9.77. The first-order chi connectivity index (χ1) is 13.2. The van der Waals surface area contributed by atoms with E-state index < -0.39 is 0 Å². The summed E-state index contributed by atoms with van der Waals surface area (Å²) in [6.45, 7) is 9.65. The number of nitrogens with zero attached hydrogens (tertiary/aromatic N) is 1. The Labute approximate surface area is 163 Å². The molecule has 0 N–H and O–H groups in total. The van der Waals surface area contributed by atoms with Crippen molar-refractivity contribution in [2.45, 2.75) is 33.3 Å². The van der Waals surface area contributed by atoms with Crippen molar-refractivity contribution in [1.29, 1.82) is 0 Å². The maximum atomic E-state index is 6.15. The summed E-state index contributed by atoms with van der Waals surface area (Å²) in [5, 5.41) is 0. The van der Waals surface area contributed by atoms with Crippen LogP contribution in [0.3, 0.4) is 0 Å². The van der Waals surface area contributed by atoms with E-state index in [9.17, 15) is 0 Å². The summed E-state index contributed by atoms with van der Waals surface area (Å²) in [6, 6.07) is 12.7. The molecule has 0 bridgehead atoms. The van der Waals surface area contributed by atoms with Crippen LogP contribution < -0.4 is 9.47 Å². The monoisotopic (exact) mass is 369 g/mol. The van der Waals surface area contributed by atoms with Gasteiger partial charge in [0.15, 0.2) is 0 Å². The van der Waals surface area contributed by atoms with Crippen molar-refractivity contribution in [3.63, 3.8) is 0 Å². The number of ether oxygens (including phenoxy) is 3. The molecule has 0 amide bonds. The number of rotatable bonds is 8. The molecule has 2 aromatic rings. The third kappa shape index (κ3) is 5.47. The molecule has 0 aromatic heterocycles. The van der Waals surface area contributed by atoms with Crippen molar-refractivity contribution in [2.75, 3.05) is 40.0 Å². The fraction of sp³-hybridized carbons (Fsp3) is 0.478. The van der Waals surface area contributed by atoms with Crippen LogP contribution in [0.4, 0.5) is 0 Å². The maximum absolute atomic E-state index is 6.15. The lowest BCUT2D eigenvalue weighted by Gasteiger charge is -2.26. The molecule has 4 heteroatoms. The van der Waals surface area contributed by atoms with Gasteiger partial charge in [0.2, 0.25) is 0 Å². The van der Waals surface area contributed by atoms with Crippen LogP contribution in [0.1, 0.15) is 28.7 Å². The van der Waals surface area contributed by atoms with Gasteiger partial charge >= 0.3 is 0 Å². The summed E-state index contributed by atoms with van der Waals surface area (Å²) in [5.74, 6) is 1.86. The normalized spacial score (nSPS) is 14.9.